The highest BCUT2D eigenvalue weighted by Crippen LogP contribution is 2.43. The lowest BCUT2D eigenvalue weighted by Crippen LogP contribution is -2.11. The number of methoxy groups -OCH3 is 1. The summed E-state index contributed by atoms with van der Waals surface area (Å²) in [6.07, 6.45) is -3.44. The first-order valence-corrected chi connectivity index (χ1v) is 8.54. The maximum atomic E-state index is 13.4. The number of carbonyl (C=O) groups is 1. The van der Waals surface area contributed by atoms with Crippen LogP contribution in [0.3, 0.4) is 0 Å². The molecule has 0 bridgehead atoms. The number of halogens is 3. The summed E-state index contributed by atoms with van der Waals surface area (Å²) in [6.45, 7) is -0.435. The predicted octanol–water partition coefficient (Wildman–Crippen LogP) is 4.39. The van der Waals surface area contributed by atoms with Gasteiger partial charge in [-0.15, -0.1) is 0 Å². The number of carbonyl (C=O) groups excluding carboxylic acids is 1. The number of oxazole rings is 1. The van der Waals surface area contributed by atoms with Crippen LogP contribution >= 0.6 is 0 Å². The molecule has 9 heteroatoms. The number of aromatic nitrogens is 2. The molecule has 2 heterocycles. The van der Waals surface area contributed by atoms with Crippen LogP contribution in [0.5, 0.6) is 11.8 Å². The molecule has 4 rings (SSSR count). The number of hydrogen-bond acceptors (Lipinski definition) is 6. The van der Waals surface area contributed by atoms with E-state index in [9.17, 15) is 18.0 Å². The molecule has 0 amide bonds. The molecule has 0 aliphatic heterocycles. The minimum absolute atomic E-state index is 0.0108. The van der Waals surface area contributed by atoms with E-state index in [0.717, 1.165) is 18.9 Å². The molecular formula is C19H15F3N2O4. The Morgan fingerprint density at radius 3 is 2.54 bits per heavy atom. The number of Topliss-reactive ketones (excluding diaryl/α,β-unsaturated/α-hetero) is 1. The third-order valence-electron chi connectivity index (χ3n) is 4.41. The Balaban J connectivity index is 1.56. The molecule has 0 atom stereocenters. The molecule has 146 valence electrons. The summed E-state index contributed by atoms with van der Waals surface area (Å²) in [5.74, 6) is 0.220. The molecule has 1 saturated carbocycles. The van der Waals surface area contributed by atoms with Crippen molar-refractivity contribution in [2.45, 2.75) is 24.9 Å². The van der Waals surface area contributed by atoms with Gasteiger partial charge in [-0.3, -0.25) is 4.79 Å². The Morgan fingerprint density at radius 2 is 1.93 bits per heavy atom. The largest absolute Gasteiger partial charge is 0.497 e. The SMILES string of the molecule is COc1ccc(C(=O)COc2nc3c(C(F)(F)F)cc(C4CC4)nc3o2)cc1. The number of benzene rings is 1. The van der Waals surface area contributed by atoms with Gasteiger partial charge in [-0.1, -0.05) is 0 Å². The summed E-state index contributed by atoms with van der Waals surface area (Å²) < 4.78 is 55.5. The summed E-state index contributed by atoms with van der Waals surface area (Å²) in [6, 6.07) is 7.36. The maximum Gasteiger partial charge on any atom is 0.418 e. The Kier molecular flexibility index (Phi) is 4.44. The molecule has 2 aromatic heterocycles. The molecule has 1 aliphatic rings. The maximum absolute atomic E-state index is 13.4. The van der Waals surface area contributed by atoms with Gasteiger partial charge in [-0.25, -0.2) is 4.98 Å². The van der Waals surface area contributed by atoms with Crippen LogP contribution in [-0.4, -0.2) is 29.5 Å². The van der Waals surface area contributed by atoms with E-state index in [2.05, 4.69) is 9.97 Å². The van der Waals surface area contributed by atoms with Gasteiger partial charge in [0.2, 0.25) is 0 Å². The molecule has 0 unspecified atom stereocenters. The fourth-order valence-corrected chi connectivity index (χ4v) is 2.76. The summed E-state index contributed by atoms with van der Waals surface area (Å²) in [4.78, 5) is 20.1. The van der Waals surface area contributed by atoms with Crippen molar-refractivity contribution in [3.63, 3.8) is 0 Å². The van der Waals surface area contributed by atoms with Crippen molar-refractivity contribution in [1.29, 1.82) is 0 Å². The molecule has 1 aromatic carbocycles. The van der Waals surface area contributed by atoms with Crippen molar-refractivity contribution in [2.75, 3.05) is 13.7 Å². The zero-order valence-electron chi connectivity index (χ0n) is 14.7. The van der Waals surface area contributed by atoms with E-state index < -0.39 is 29.9 Å². The normalized spacial score (nSPS) is 14.3. The highest BCUT2D eigenvalue weighted by atomic mass is 19.4. The Bertz CT molecular complexity index is 1020. The lowest BCUT2D eigenvalue weighted by Gasteiger charge is -2.07. The summed E-state index contributed by atoms with van der Waals surface area (Å²) >= 11 is 0. The van der Waals surface area contributed by atoms with Crippen LogP contribution in [0.2, 0.25) is 0 Å². The van der Waals surface area contributed by atoms with Gasteiger partial charge in [0.1, 0.15) is 11.3 Å². The zero-order chi connectivity index (χ0) is 19.9. The van der Waals surface area contributed by atoms with Gasteiger partial charge in [-0.05, 0) is 43.2 Å². The second kappa shape index (κ2) is 6.81. The van der Waals surface area contributed by atoms with E-state index in [1.807, 2.05) is 0 Å². The Labute approximate surface area is 157 Å². The summed E-state index contributed by atoms with van der Waals surface area (Å²) in [5, 5.41) is 0. The first kappa shape index (κ1) is 18.3. The third kappa shape index (κ3) is 3.64. The highest BCUT2D eigenvalue weighted by Gasteiger charge is 2.38. The number of pyridine rings is 1. The Hall–Kier alpha value is -3.10. The fourth-order valence-electron chi connectivity index (χ4n) is 2.76. The van der Waals surface area contributed by atoms with Crippen molar-refractivity contribution in [3.8, 4) is 11.8 Å². The second-order valence-corrected chi connectivity index (χ2v) is 6.44. The van der Waals surface area contributed by atoms with Crippen molar-refractivity contribution in [1.82, 2.24) is 9.97 Å². The average Bonchev–Trinajstić information content (AvgIpc) is 3.44. The minimum Gasteiger partial charge on any atom is -0.497 e. The number of alkyl halides is 3. The number of rotatable bonds is 6. The summed E-state index contributed by atoms with van der Waals surface area (Å²) in [5.41, 5.74) is -0.897. The van der Waals surface area contributed by atoms with Crippen LogP contribution in [-0.2, 0) is 6.18 Å². The van der Waals surface area contributed by atoms with Crippen LogP contribution in [0.4, 0.5) is 13.2 Å². The van der Waals surface area contributed by atoms with Crippen LogP contribution in [0.15, 0.2) is 34.7 Å². The van der Waals surface area contributed by atoms with Gasteiger partial charge >= 0.3 is 12.3 Å². The third-order valence-corrected chi connectivity index (χ3v) is 4.41. The number of nitrogens with zero attached hydrogens (tertiary/aromatic N) is 2. The van der Waals surface area contributed by atoms with Crippen molar-refractivity contribution in [3.05, 3.63) is 47.2 Å². The first-order valence-electron chi connectivity index (χ1n) is 8.54. The van der Waals surface area contributed by atoms with Crippen LogP contribution < -0.4 is 9.47 Å². The predicted molar refractivity (Wildman–Crippen MR) is 91.6 cm³/mol. The molecule has 0 radical (unpaired) electrons. The van der Waals surface area contributed by atoms with Gasteiger partial charge in [0.25, 0.3) is 5.71 Å². The number of ether oxygens (including phenoxy) is 2. The average molecular weight is 392 g/mol. The van der Waals surface area contributed by atoms with E-state index in [0.29, 0.717) is 17.0 Å². The van der Waals surface area contributed by atoms with Gasteiger partial charge in [0.05, 0.1) is 12.7 Å². The van der Waals surface area contributed by atoms with Crippen molar-refractivity contribution < 1.29 is 31.9 Å². The van der Waals surface area contributed by atoms with E-state index >= 15 is 0 Å². The molecular weight excluding hydrogens is 377 g/mol. The van der Waals surface area contributed by atoms with Crippen molar-refractivity contribution >= 4 is 17.0 Å². The van der Waals surface area contributed by atoms with E-state index in [4.69, 9.17) is 13.9 Å². The molecule has 1 aliphatic carbocycles. The smallest absolute Gasteiger partial charge is 0.418 e. The molecule has 0 spiro atoms. The standard InChI is InChI=1S/C19H15F3N2O4/c1-26-12-6-4-11(5-7-12)15(25)9-27-18-24-16-13(19(20,21)22)8-14(10-2-3-10)23-17(16)28-18/h4-8,10H,2-3,9H2,1H3. The lowest BCUT2D eigenvalue weighted by atomic mass is 10.1. The quantitative estimate of drug-likeness (QED) is 0.580. The van der Waals surface area contributed by atoms with Gasteiger partial charge in [0, 0.05) is 17.2 Å². The monoisotopic (exact) mass is 392 g/mol. The highest BCUT2D eigenvalue weighted by molar-refractivity contribution is 5.97. The van der Waals surface area contributed by atoms with Gasteiger partial charge in [-0.2, -0.15) is 18.2 Å². The molecule has 6 nitrogen and oxygen atoms in total. The van der Waals surface area contributed by atoms with Crippen molar-refractivity contribution in [2.24, 2.45) is 0 Å². The molecule has 0 N–H and O–H groups in total. The number of hydrogen-bond donors (Lipinski definition) is 0. The zero-order valence-corrected chi connectivity index (χ0v) is 14.7. The van der Waals surface area contributed by atoms with Gasteiger partial charge < -0.3 is 13.9 Å². The minimum atomic E-state index is -4.60. The molecule has 3 aromatic rings. The van der Waals surface area contributed by atoms with Crippen LogP contribution in [0, 0.1) is 0 Å². The van der Waals surface area contributed by atoms with E-state index in [-0.39, 0.29) is 17.4 Å². The van der Waals surface area contributed by atoms with E-state index in [1.54, 1.807) is 24.3 Å². The molecule has 1 fully saturated rings. The Morgan fingerprint density at radius 1 is 1.21 bits per heavy atom. The number of ketones is 1. The first-order chi connectivity index (χ1) is 13.3. The molecule has 28 heavy (non-hydrogen) atoms. The second-order valence-electron chi connectivity index (χ2n) is 6.44. The lowest BCUT2D eigenvalue weighted by molar-refractivity contribution is -0.136. The fraction of sp³-hybridized carbons (Fsp3) is 0.316. The number of fused-ring (bicyclic) bond motifs is 1. The molecule has 0 saturated heterocycles. The summed E-state index contributed by atoms with van der Waals surface area (Å²) in [7, 11) is 1.51. The van der Waals surface area contributed by atoms with Gasteiger partial charge in [0.15, 0.2) is 12.4 Å². The van der Waals surface area contributed by atoms with Crippen LogP contribution in [0.25, 0.3) is 11.2 Å². The van der Waals surface area contributed by atoms with Crippen LogP contribution in [0.1, 0.15) is 40.4 Å². The topological polar surface area (TPSA) is 74.5 Å². The van der Waals surface area contributed by atoms with E-state index in [1.165, 1.54) is 7.11 Å².